The lowest BCUT2D eigenvalue weighted by molar-refractivity contribution is -0.141. The van der Waals surface area contributed by atoms with E-state index in [2.05, 4.69) is 30.7 Å². The number of carbonyl (C=O) groups excluding carboxylic acids is 1. The Labute approximate surface area is 248 Å². The first-order valence-corrected chi connectivity index (χ1v) is 12.6. The summed E-state index contributed by atoms with van der Waals surface area (Å²) >= 11 is 6.01. The van der Waals surface area contributed by atoms with Crippen molar-refractivity contribution in [1.82, 2.24) is 24.7 Å². The van der Waals surface area contributed by atoms with Crippen molar-refractivity contribution in [2.75, 3.05) is 16.4 Å². The van der Waals surface area contributed by atoms with Crippen LogP contribution in [0.15, 0.2) is 79.4 Å². The summed E-state index contributed by atoms with van der Waals surface area (Å²) in [4.78, 5) is 24.2. The number of hydrogen-bond donors (Lipinski definition) is 3. The van der Waals surface area contributed by atoms with Crippen LogP contribution in [0.2, 0.25) is 5.02 Å². The highest BCUT2D eigenvalue weighted by atomic mass is 35.5. The third-order valence-electron chi connectivity index (χ3n) is 5.84. The molecule has 0 fully saturated rings. The molecule has 0 unspecified atom stereocenters. The van der Waals surface area contributed by atoms with E-state index in [9.17, 15) is 31.1 Å². The third-order valence-corrected chi connectivity index (χ3v) is 6.07. The van der Waals surface area contributed by atoms with E-state index in [-0.39, 0.29) is 45.2 Å². The predicted octanol–water partition coefficient (Wildman–Crippen LogP) is 7.43. The quantitative estimate of drug-likeness (QED) is 0.165. The van der Waals surface area contributed by atoms with E-state index in [4.69, 9.17) is 22.1 Å². The van der Waals surface area contributed by atoms with E-state index < -0.39 is 29.6 Å². The fourth-order valence-corrected chi connectivity index (χ4v) is 3.98. The molecule has 0 aliphatic carbocycles. The van der Waals surface area contributed by atoms with Gasteiger partial charge in [0, 0.05) is 23.0 Å². The van der Waals surface area contributed by atoms with Gasteiger partial charge in [-0.1, -0.05) is 23.7 Å². The fraction of sp³-hybridized carbons (Fsp3) is 0.0741. The van der Waals surface area contributed by atoms with Crippen LogP contribution in [-0.2, 0) is 12.4 Å². The van der Waals surface area contributed by atoms with Gasteiger partial charge in [-0.15, -0.1) is 0 Å². The van der Waals surface area contributed by atoms with Crippen LogP contribution in [-0.4, -0.2) is 30.8 Å². The number of aromatic nitrogens is 5. The van der Waals surface area contributed by atoms with Crippen LogP contribution >= 0.6 is 11.6 Å². The first kappa shape index (κ1) is 30.1. The topological polar surface area (TPSA) is 133 Å². The molecule has 5 aromatic rings. The number of amides is 2. The molecule has 3 aromatic heterocycles. The second-order valence-electron chi connectivity index (χ2n) is 8.92. The molecule has 0 saturated carbocycles. The van der Waals surface area contributed by atoms with E-state index in [1.165, 1.54) is 54.9 Å². The molecule has 0 atom stereocenters. The van der Waals surface area contributed by atoms with Crippen LogP contribution < -0.4 is 21.1 Å². The minimum Gasteiger partial charge on any atom is -0.424 e. The summed E-state index contributed by atoms with van der Waals surface area (Å²) < 4.78 is 84.7. The first-order valence-electron chi connectivity index (χ1n) is 12.2. The average Bonchev–Trinajstić information content (AvgIpc) is 3.45. The van der Waals surface area contributed by atoms with Crippen molar-refractivity contribution in [3.05, 3.63) is 95.7 Å². The Balaban J connectivity index is 1.23. The third kappa shape index (κ3) is 6.97. The van der Waals surface area contributed by atoms with Crippen LogP contribution in [0.3, 0.4) is 0 Å². The number of pyridine rings is 1. The largest absolute Gasteiger partial charge is 0.435 e. The number of nitrogens with one attached hydrogen (secondary N) is 2. The minimum atomic E-state index is -4.65. The van der Waals surface area contributed by atoms with Crippen LogP contribution in [0, 0.1) is 0 Å². The van der Waals surface area contributed by atoms with Gasteiger partial charge < -0.3 is 21.1 Å². The van der Waals surface area contributed by atoms with Gasteiger partial charge in [-0.05, 0) is 48.0 Å². The van der Waals surface area contributed by atoms with Gasteiger partial charge in [-0.3, -0.25) is 0 Å². The van der Waals surface area contributed by atoms with Crippen molar-refractivity contribution in [3.63, 3.8) is 0 Å². The molecule has 5 rings (SSSR count). The fourth-order valence-electron chi connectivity index (χ4n) is 3.81. The molecule has 226 valence electrons. The second kappa shape index (κ2) is 11.7. The molecule has 4 N–H and O–H groups in total. The van der Waals surface area contributed by atoms with E-state index in [0.717, 1.165) is 23.0 Å². The number of benzene rings is 2. The van der Waals surface area contributed by atoms with Gasteiger partial charge in [0.2, 0.25) is 0 Å². The van der Waals surface area contributed by atoms with Crippen molar-refractivity contribution in [1.29, 1.82) is 0 Å². The highest BCUT2D eigenvalue weighted by molar-refractivity contribution is 6.31. The second-order valence-corrected chi connectivity index (χ2v) is 9.36. The highest BCUT2D eigenvalue weighted by Crippen LogP contribution is 2.35. The van der Waals surface area contributed by atoms with E-state index in [1.54, 1.807) is 0 Å². The van der Waals surface area contributed by atoms with Crippen LogP contribution in [0.1, 0.15) is 11.3 Å². The normalized spacial score (nSPS) is 11.7. The van der Waals surface area contributed by atoms with Crippen molar-refractivity contribution in [3.8, 4) is 28.6 Å². The Morgan fingerprint density at radius 2 is 1.57 bits per heavy atom. The predicted molar refractivity (Wildman–Crippen MR) is 147 cm³/mol. The molecule has 0 spiro atoms. The summed E-state index contributed by atoms with van der Waals surface area (Å²) in [6, 6.07) is 10.9. The molecule has 3 heterocycles. The lowest BCUT2D eigenvalue weighted by atomic mass is 10.0. The number of halogens is 7. The molecular formula is C27H17ClF6N8O2. The zero-order valence-corrected chi connectivity index (χ0v) is 22.5. The molecule has 44 heavy (non-hydrogen) atoms. The van der Waals surface area contributed by atoms with Gasteiger partial charge in [0.25, 0.3) is 0 Å². The number of anilines is 3. The number of ether oxygens (including phenoxy) is 1. The first-order chi connectivity index (χ1) is 20.8. The van der Waals surface area contributed by atoms with Crippen LogP contribution in [0.4, 0.5) is 48.3 Å². The standard InChI is InChI=1S/C27H17ClF6N8O2/c28-16-3-6-21(42-8-7-22(41-42)27(32,33)34)20(10-16)40-24(43)39-17-12-37-25(38-13-17)44-18-4-1-14(2-5-18)19-9-15(26(29,30)31)11-36-23(19)35/h1-13H,(H2,35,36)(H2,39,40,43). The molecule has 0 radical (unpaired) electrons. The van der Waals surface area contributed by atoms with Gasteiger partial charge in [0.15, 0.2) is 5.69 Å². The Morgan fingerprint density at radius 3 is 2.20 bits per heavy atom. The number of hydrogen-bond acceptors (Lipinski definition) is 7. The Kier molecular flexibility index (Phi) is 8.01. The Morgan fingerprint density at radius 1 is 0.864 bits per heavy atom. The summed E-state index contributed by atoms with van der Waals surface area (Å²) in [6.07, 6.45) is -5.03. The molecule has 0 bridgehead atoms. The SMILES string of the molecule is Nc1ncc(C(F)(F)F)cc1-c1ccc(Oc2ncc(NC(=O)Nc3cc(Cl)ccc3-n3ccc(C(F)(F)F)n3)cn2)cc1. The summed E-state index contributed by atoms with van der Waals surface area (Å²) in [6.45, 7) is 0. The molecule has 0 aliphatic heterocycles. The lowest BCUT2D eigenvalue weighted by Crippen LogP contribution is -2.21. The van der Waals surface area contributed by atoms with Crippen molar-refractivity contribution in [2.24, 2.45) is 0 Å². The number of urea groups is 1. The van der Waals surface area contributed by atoms with Crippen molar-refractivity contribution >= 4 is 34.8 Å². The summed E-state index contributed by atoms with van der Waals surface area (Å²) in [5.74, 6) is 0.178. The number of carbonyl (C=O) groups is 1. The molecule has 0 aliphatic rings. The minimum absolute atomic E-state index is 0.0683. The van der Waals surface area contributed by atoms with Crippen molar-refractivity contribution in [2.45, 2.75) is 12.4 Å². The molecular weight excluding hydrogens is 618 g/mol. The average molecular weight is 635 g/mol. The summed E-state index contributed by atoms with van der Waals surface area (Å²) in [7, 11) is 0. The number of rotatable bonds is 6. The number of alkyl halides is 6. The van der Waals surface area contributed by atoms with Gasteiger partial charge in [0.1, 0.15) is 11.6 Å². The summed E-state index contributed by atoms with van der Waals surface area (Å²) in [5.41, 5.74) is 4.50. The number of nitrogens with zero attached hydrogens (tertiary/aromatic N) is 5. The maximum Gasteiger partial charge on any atom is 0.435 e. The number of nitrogens with two attached hydrogens (primary N) is 1. The molecule has 2 aromatic carbocycles. The smallest absolute Gasteiger partial charge is 0.424 e. The van der Waals surface area contributed by atoms with E-state index in [0.29, 0.717) is 11.8 Å². The highest BCUT2D eigenvalue weighted by Gasteiger charge is 2.34. The van der Waals surface area contributed by atoms with Crippen molar-refractivity contribution < 1.29 is 35.9 Å². The van der Waals surface area contributed by atoms with Crippen LogP contribution in [0.5, 0.6) is 11.8 Å². The Bertz CT molecular complexity index is 1810. The Hall–Kier alpha value is -5.38. The van der Waals surface area contributed by atoms with Gasteiger partial charge in [0.05, 0.1) is 35.0 Å². The zero-order valence-electron chi connectivity index (χ0n) is 21.8. The molecule has 2 amide bonds. The van der Waals surface area contributed by atoms with Gasteiger partial charge in [-0.25, -0.2) is 24.4 Å². The van der Waals surface area contributed by atoms with E-state index in [1.807, 2.05) is 0 Å². The molecule has 10 nitrogen and oxygen atoms in total. The number of nitrogen functional groups attached to an aromatic ring is 1. The van der Waals surface area contributed by atoms with Gasteiger partial charge in [-0.2, -0.15) is 31.4 Å². The molecule has 17 heteroatoms. The maximum atomic E-state index is 13.1. The lowest BCUT2D eigenvalue weighted by Gasteiger charge is -2.13. The summed E-state index contributed by atoms with van der Waals surface area (Å²) in [5, 5.41) is 8.69. The zero-order chi connectivity index (χ0) is 31.6. The van der Waals surface area contributed by atoms with E-state index >= 15 is 0 Å². The monoisotopic (exact) mass is 634 g/mol. The molecule has 0 saturated heterocycles. The van der Waals surface area contributed by atoms with Gasteiger partial charge >= 0.3 is 24.4 Å². The van der Waals surface area contributed by atoms with Crippen LogP contribution in [0.25, 0.3) is 16.8 Å². The maximum absolute atomic E-state index is 13.1.